The van der Waals surface area contributed by atoms with Crippen LogP contribution >= 0.6 is 0 Å². The highest BCUT2D eigenvalue weighted by Crippen LogP contribution is 2.22. The number of aryl methyl sites for hydroxylation is 1. The molecule has 0 aliphatic heterocycles. The summed E-state index contributed by atoms with van der Waals surface area (Å²) >= 11 is 0. The van der Waals surface area contributed by atoms with Crippen LogP contribution in [0.1, 0.15) is 44.1 Å². The van der Waals surface area contributed by atoms with Crippen LogP contribution in [0.5, 0.6) is 0 Å². The summed E-state index contributed by atoms with van der Waals surface area (Å²) in [4.78, 5) is 12.8. The maximum absolute atomic E-state index is 12.8. The monoisotopic (exact) mass is 328 g/mol. The van der Waals surface area contributed by atoms with E-state index in [1.165, 1.54) is 0 Å². The van der Waals surface area contributed by atoms with Crippen molar-refractivity contribution in [3.8, 4) is 0 Å². The van der Waals surface area contributed by atoms with E-state index in [0.717, 1.165) is 30.3 Å². The molecule has 0 spiro atoms. The second-order valence-electron chi connectivity index (χ2n) is 7.15. The van der Waals surface area contributed by atoms with Crippen molar-refractivity contribution < 1.29 is 4.79 Å². The third kappa shape index (κ3) is 4.03. The highest BCUT2D eigenvalue weighted by atomic mass is 16.2. The molecule has 1 aromatic carbocycles. The van der Waals surface area contributed by atoms with Crippen LogP contribution in [-0.2, 0) is 6.54 Å². The van der Waals surface area contributed by atoms with E-state index >= 15 is 0 Å². The van der Waals surface area contributed by atoms with Gasteiger partial charge in [-0.25, -0.2) is 0 Å². The van der Waals surface area contributed by atoms with Crippen LogP contribution in [0.15, 0.2) is 36.9 Å². The molecule has 3 N–H and O–H groups in total. The van der Waals surface area contributed by atoms with Gasteiger partial charge in [0.05, 0.1) is 5.52 Å². The van der Waals surface area contributed by atoms with E-state index < -0.39 is 0 Å². The van der Waals surface area contributed by atoms with E-state index in [2.05, 4.69) is 37.8 Å². The van der Waals surface area contributed by atoms with Gasteiger partial charge in [0, 0.05) is 24.5 Å². The van der Waals surface area contributed by atoms with Gasteiger partial charge in [-0.15, -0.1) is 6.58 Å². The molecule has 0 radical (unpaired) electrons. The smallest absolute Gasteiger partial charge is 0.272 e. The molecule has 24 heavy (non-hydrogen) atoms. The van der Waals surface area contributed by atoms with Gasteiger partial charge in [-0.3, -0.25) is 9.48 Å². The van der Waals surface area contributed by atoms with Gasteiger partial charge in [-0.2, -0.15) is 5.10 Å². The van der Waals surface area contributed by atoms with Gasteiger partial charge < -0.3 is 11.1 Å². The molecule has 1 atom stereocenters. The number of para-hydroxylation sites is 1. The Labute approximate surface area is 143 Å². The molecule has 130 valence electrons. The summed E-state index contributed by atoms with van der Waals surface area (Å²) in [5, 5.41) is 8.47. The lowest BCUT2D eigenvalue weighted by Crippen LogP contribution is -2.48. The minimum atomic E-state index is -0.168. The van der Waals surface area contributed by atoms with Crippen LogP contribution in [0.4, 0.5) is 0 Å². The lowest BCUT2D eigenvalue weighted by atomic mass is 9.86. The molecular formula is C19H28N4O. The van der Waals surface area contributed by atoms with Crippen LogP contribution in [0.25, 0.3) is 10.9 Å². The standard InChI is InChI=1S/C19H28N4O/c1-5-6-9-12-23-15-11-8-7-10-14(15)17(22-23)18(24)21-16(13-20)19(2,3)4/h5,7-8,10-11,16H,1,6,9,12-13,20H2,2-4H3,(H,21,24). The number of carbonyl (C=O) groups is 1. The Bertz CT molecular complexity index is 712. The minimum Gasteiger partial charge on any atom is -0.346 e. The zero-order valence-corrected chi connectivity index (χ0v) is 14.9. The number of hydrogen-bond acceptors (Lipinski definition) is 3. The summed E-state index contributed by atoms with van der Waals surface area (Å²) in [7, 11) is 0. The molecule has 0 fully saturated rings. The Morgan fingerprint density at radius 1 is 1.42 bits per heavy atom. The summed E-state index contributed by atoms with van der Waals surface area (Å²) in [6.07, 6.45) is 3.77. The van der Waals surface area contributed by atoms with E-state index in [4.69, 9.17) is 5.73 Å². The number of rotatable bonds is 7. The van der Waals surface area contributed by atoms with Crippen molar-refractivity contribution in [1.82, 2.24) is 15.1 Å². The Morgan fingerprint density at radius 3 is 2.75 bits per heavy atom. The number of hydrogen-bond donors (Lipinski definition) is 2. The first-order chi connectivity index (χ1) is 11.4. The maximum Gasteiger partial charge on any atom is 0.272 e. The molecule has 2 aromatic rings. The summed E-state index contributed by atoms with van der Waals surface area (Å²) < 4.78 is 1.91. The largest absolute Gasteiger partial charge is 0.346 e. The third-order valence-electron chi connectivity index (χ3n) is 4.24. The van der Waals surface area contributed by atoms with Crippen molar-refractivity contribution in [2.75, 3.05) is 6.54 Å². The average molecular weight is 328 g/mol. The second-order valence-corrected chi connectivity index (χ2v) is 7.15. The predicted octanol–water partition coefficient (Wildman–Crippen LogP) is 3.11. The molecule has 0 saturated carbocycles. The van der Waals surface area contributed by atoms with Gasteiger partial charge >= 0.3 is 0 Å². The highest BCUT2D eigenvalue weighted by Gasteiger charge is 2.27. The number of carbonyl (C=O) groups excluding carboxylic acids is 1. The molecule has 0 bridgehead atoms. The molecule has 1 heterocycles. The van der Waals surface area contributed by atoms with Gasteiger partial charge in [0.1, 0.15) is 0 Å². The van der Waals surface area contributed by atoms with Crippen LogP contribution in [-0.4, -0.2) is 28.3 Å². The number of benzene rings is 1. The fourth-order valence-electron chi connectivity index (χ4n) is 2.71. The zero-order chi connectivity index (χ0) is 17.7. The second kappa shape index (κ2) is 7.62. The lowest BCUT2D eigenvalue weighted by molar-refractivity contribution is 0.0901. The van der Waals surface area contributed by atoms with Crippen molar-refractivity contribution in [2.24, 2.45) is 11.1 Å². The van der Waals surface area contributed by atoms with Gasteiger partial charge in [0.2, 0.25) is 0 Å². The molecule has 5 heteroatoms. The molecule has 1 unspecified atom stereocenters. The van der Waals surface area contributed by atoms with E-state index in [9.17, 15) is 4.79 Å². The molecule has 0 saturated heterocycles. The van der Waals surface area contributed by atoms with Gasteiger partial charge in [0.25, 0.3) is 5.91 Å². The Morgan fingerprint density at radius 2 is 2.12 bits per heavy atom. The highest BCUT2D eigenvalue weighted by molar-refractivity contribution is 6.05. The molecular weight excluding hydrogens is 300 g/mol. The number of fused-ring (bicyclic) bond motifs is 1. The van der Waals surface area contributed by atoms with Crippen LogP contribution in [0.3, 0.4) is 0 Å². The summed E-state index contributed by atoms with van der Waals surface area (Å²) in [5.41, 5.74) is 7.17. The first kappa shape index (κ1) is 18.2. The summed E-state index contributed by atoms with van der Waals surface area (Å²) in [6, 6.07) is 7.73. The van der Waals surface area contributed by atoms with E-state index in [1.807, 2.05) is 35.0 Å². The average Bonchev–Trinajstić information content (AvgIpc) is 2.91. The van der Waals surface area contributed by atoms with E-state index in [0.29, 0.717) is 12.2 Å². The Kier molecular flexibility index (Phi) is 5.78. The van der Waals surface area contributed by atoms with Crippen LogP contribution in [0.2, 0.25) is 0 Å². The van der Waals surface area contributed by atoms with Crippen LogP contribution in [0, 0.1) is 5.41 Å². The number of aromatic nitrogens is 2. The van der Waals surface area contributed by atoms with Gasteiger partial charge in [0.15, 0.2) is 5.69 Å². The van der Waals surface area contributed by atoms with Crippen molar-refractivity contribution in [3.05, 3.63) is 42.6 Å². The predicted molar refractivity (Wildman–Crippen MR) is 98.9 cm³/mol. The van der Waals surface area contributed by atoms with Gasteiger partial charge in [-0.05, 0) is 24.3 Å². The van der Waals surface area contributed by atoms with E-state index in [-0.39, 0.29) is 17.4 Å². The molecule has 0 aliphatic rings. The SMILES string of the molecule is C=CCCCn1nc(C(=O)NC(CN)C(C)(C)C)c2ccccc21. The number of amides is 1. The number of unbranched alkanes of at least 4 members (excludes halogenated alkanes) is 1. The van der Waals surface area contributed by atoms with Gasteiger partial charge in [-0.1, -0.05) is 45.0 Å². The molecule has 1 amide bonds. The van der Waals surface area contributed by atoms with Crippen molar-refractivity contribution in [2.45, 2.75) is 46.2 Å². The van der Waals surface area contributed by atoms with Crippen molar-refractivity contribution in [3.63, 3.8) is 0 Å². The maximum atomic E-state index is 12.8. The summed E-state index contributed by atoms with van der Waals surface area (Å²) in [5.74, 6) is -0.168. The summed E-state index contributed by atoms with van der Waals surface area (Å²) in [6.45, 7) is 11.1. The van der Waals surface area contributed by atoms with Crippen molar-refractivity contribution in [1.29, 1.82) is 0 Å². The fraction of sp³-hybridized carbons (Fsp3) is 0.474. The topological polar surface area (TPSA) is 72.9 Å². The third-order valence-corrected chi connectivity index (χ3v) is 4.24. The Balaban J connectivity index is 2.30. The fourth-order valence-corrected chi connectivity index (χ4v) is 2.71. The van der Waals surface area contributed by atoms with Crippen molar-refractivity contribution >= 4 is 16.8 Å². The Hall–Kier alpha value is -2.14. The quantitative estimate of drug-likeness (QED) is 0.606. The van der Waals surface area contributed by atoms with Crippen LogP contribution < -0.4 is 11.1 Å². The zero-order valence-electron chi connectivity index (χ0n) is 14.9. The first-order valence-electron chi connectivity index (χ1n) is 8.46. The normalized spacial score (nSPS) is 13.0. The molecule has 0 aliphatic carbocycles. The number of nitrogens with zero attached hydrogens (tertiary/aromatic N) is 2. The number of allylic oxidation sites excluding steroid dienone is 1. The number of nitrogens with one attached hydrogen (secondary N) is 1. The van der Waals surface area contributed by atoms with E-state index in [1.54, 1.807) is 0 Å². The first-order valence-corrected chi connectivity index (χ1v) is 8.46. The lowest BCUT2D eigenvalue weighted by Gasteiger charge is -2.30. The number of nitrogens with two attached hydrogens (primary N) is 1. The molecule has 1 aromatic heterocycles. The molecule has 5 nitrogen and oxygen atoms in total. The minimum absolute atomic E-state index is 0.102. The molecule has 2 rings (SSSR count).